The number of fused-ring (bicyclic) bond motifs is 2. The van der Waals surface area contributed by atoms with E-state index in [1.54, 1.807) is 23.7 Å². The van der Waals surface area contributed by atoms with Crippen LogP contribution in [0.4, 0.5) is 10.3 Å². The summed E-state index contributed by atoms with van der Waals surface area (Å²) >= 11 is 1.34. The molecule has 2 bridgehead atoms. The lowest BCUT2D eigenvalue weighted by atomic mass is 9.68. The highest BCUT2D eigenvalue weighted by Gasteiger charge is 2.56. The monoisotopic (exact) mass is 505 g/mol. The van der Waals surface area contributed by atoms with Crippen LogP contribution in [0, 0.1) is 11.3 Å². The molecule has 36 heavy (non-hydrogen) atoms. The number of nitrogens with one attached hydrogen (secondary N) is 1. The lowest BCUT2D eigenvalue weighted by molar-refractivity contribution is 0.0000874. The molecule has 186 valence electrons. The number of benzene rings is 1. The minimum atomic E-state index is -1.03. The number of phenolic OH excluding ortho intramolecular Hbond substituents is 1. The first-order valence-corrected chi connectivity index (χ1v) is 13.3. The molecule has 2 saturated heterocycles. The second-order valence-electron chi connectivity index (χ2n) is 10.8. The van der Waals surface area contributed by atoms with Crippen molar-refractivity contribution < 1.29 is 9.50 Å². The van der Waals surface area contributed by atoms with Crippen molar-refractivity contribution in [3.8, 4) is 33.6 Å². The van der Waals surface area contributed by atoms with E-state index in [4.69, 9.17) is 5.26 Å². The van der Waals surface area contributed by atoms with E-state index in [0.717, 1.165) is 32.1 Å². The van der Waals surface area contributed by atoms with Gasteiger partial charge < -0.3 is 15.3 Å². The number of halogens is 1. The predicted octanol–water partition coefficient (Wildman–Crippen LogP) is 4.61. The summed E-state index contributed by atoms with van der Waals surface area (Å²) in [6.07, 6.45) is 6.18. The molecule has 4 atom stereocenters. The van der Waals surface area contributed by atoms with Crippen LogP contribution in [0.25, 0.3) is 21.8 Å². The van der Waals surface area contributed by atoms with Gasteiger partial charge in [-0.2, -0.15) is 5.26 Å². The Labute approximate surface area is 213 Å². The molecule has 8 nitrogen and oxygen atoms in total. The van der Waals surface area contributed by atoms with Crippen molar-refractivity contribution in [1.82, 2.24) is 25.5 Å². The Hall–Kier alpha value is -3.16. The molecule has 4 heterocycles. The normalized spacial score (nSPS) is 29.5. The van der Waals surface area contributed by atoms with Crippen molar-refractivity contribution in [2.45, 2.75) is 81.7 Å². The van der Waals surface area contributed by atoms with Gasteiger partial charge in [0.05, 0.1) is 12.2 Å². The van der Waals surface area contributed by atoms with Crippen LogP contribution in [0.15, 0.2) is 29.8 Å². The molecule has 1 aliphatic carbocycles. The molecular weight excluding hydrogens is 477 g/mol. The van der Waals surface area contributed by atoms with Gasteiger partial charge in [0.15, 0.2) is 5.69 Å². The topological polar surface area (TPSA) is 111 Å². The number of nitrogens with zero attached hydrogens (tertiary/aromatic N) is 6. The zero-order chi connectivity index (χ0) is 25.1. The highest BCUT2D eigenvalue weighted by Crippen LogP contribution is 2.46. The summed E-state index contributed by atoms with van der Waals surface area (Å²) in [5.41, 5.74) is 1.36. The fraction of sp³-hybridized carbons (Fsp3) is 0.500. The minimum absolute atomic E-state index is 0.0277. The highest BCUT2D eigenvalue weighted by atomic mass is 32.1. The molecule has 2 aliphatic heterocycles. The molecule has 3 aromatic rings. The van der Waals surface area contributed by atoms with Crippen molar-refractivity contribution in [2.75, 3.05) is 4.90 Å². The number of anilines is 1. The van der Waals surface area contributed by atoms with Crippen LogP contribution in [-0.4, -0.2) is 54.6 Å². The molecule has 0 unspecified atom stereocenters. The summed E-state index contributed by atoms with van der Waals surface area (Å²) in [5, 5.41) is 34.4. The Morgan fingerprint density at radius 3 is 2.75 bits per heavy atom. The third kappa shape index (κ3) is 4.00. The van der Waals surface area contributed by atoms with E-state index in [2.05, 4.69) is 37.3 Å². The number of nitriles is 1. The molecule has 0 amide bonds. The second-order valence-corrected chi connectivity index (χ2v) is 11.7. The first kappa shape index (κ1) is 23.3. The zero-order valence-electron chi connectivity index (χ0n) is 20.3. The molecule has 2 N–H and O–H groups in total. The molecule has 10 heteroatoms. The number of thiazole rings is 1. The largest absolute Gasteiger partial charge is 0.507 e. The van der Waals surface area contributed by atoms with Gasteiger partial charge in [0.25, 0.3) is 0 Å². The summed E-state index contributed by atoms with van der Waals surface area (Å²) in [4.78, 5) is 10.9. The number of alkyl halides is 1. The number of hydrogen-bond donors (Lipinski definition) is 2. The lowest BCUT2D eigenvalue weighted by Gasteiger charge is -2.57. The number of hydrogen-bond acceptors (Lipinski definition) is 9. The zero-order valence-corrected chi connectivity index (χ0v) is 21.1. The third-order valence-corrected chi connectivity index (χ3v) is 8.73. The summed E-state index contributed by atoms with van der Waals surface area (Å²) in [7, 11) is 0. The van der Waals surface area contributed by atoms with E-state index in [-0.39, 0.29) is 23.4 Å². The number of piperidine rings is 2. The van der Waals surface area contributed by atoms with Crippen LogP contribution in [0.5, 0.6) is 5.75 Å². The van der Waals surface area contributed by atoms with Gasteiger partial charge in [-0.3, -0.25) is 0 Å². The number of rotatable bonds is 5. The van der Waals surface area contributed by atoms with Gasteiger partial charge in [-0.25, -0.2) is 14.4 Å². The second kappa shape index (κ2) is 8.46. The van der Waals surface area contributed by atoms with E-state index in [1.165, 1.54) is 11.3 Å². The summed E-state index contributed by atoms with van der Waals surface area (Å²) in [6.45, 7) is 4.21. The lowest BCUT2D eigenvalue weighted by Crippen LogP contribution is -2.73. The van der Waals surface area contributed by atoms with Crippen molar-refractivity contribution in [3.63, 3.8) is 0 Å². The summed E-state index contributed by atoms with van der Waals surface area (Å²) in [5.74, 6) is 0.476. The van der Waals surface area contributed by atoms with Gasteiger partial charge in [-0.1, -0.05) is 6.07 Å². The Kier molecular flexibility index (Phi) is 5.46. The maximum absolute atomic E-state index is 16.0. The van der Waals surface area contributed by atoms with Gasteiger partial charge >= 0.3 is 0 Å². The smallest absolute Gasteiger partial charge is 0.245 e. The fourth-order valence-electron chi connectivity index (χ4n) is 6.03. The van der Waals surface area contributed by atoms with Crippen LogP contribution >= 0.6 is 11.3 Å². The van der Waals surface area contributed by atoms with Crippen molar-refractivity contribution in [1.29, 1.82) is 5.26 Å². The van der Waals surface area contributed by atoms with Crippen LogP contribution in [-0.2, 0) is 0 Å². The molecule has 1 saturated carbocycles. The average molecular weight is 506 g/mol. The molecule has 3 fully saturated rings. The van der Waals surface area contributed by atoms with Crippen molar-refractivity contribution in [3.05, 3.63) is 35.5 Å². The number of phenols is 1. The van der Waals surface area contributed by atoms with E-state index < -0.39 is 11.7 Å². The van der Waals surface area contributed by atoms with Gasteiger partial charge in [0.2, 0.25) is 5.95 Å². The van der Waals surface area contributed by atoms with Gasteiger partial charge in [-0.15, -0.1) is 21.5 Å². The van der Waals surface area contributed by atoms with Gasteiger partial charge in [0, 0.05) is 33.6 Å². The molecule has 0 radical (unpaired) electrons. The predicted molar refractivity (Wildman–Crippen MR) is 135 cm³/mol. The standard InChI is InChI=1S/C26H28FN7OS/c1-25-8-3-9-26(2,33-25)22(27)20(11-25)34(17-5-6-17)24-29-13-19(31-32-24)18-7-4-15(10-21(18)35)23-30-16(12-28)14-36-23/h4,7,10,13-14,17,20,22,33,35H,3,5-6,8-9,11H2,1-2H3/t20-,22-,25-,26+/m0/s1. The SMILES string of the molecule is C[C@@]12CCC[C@@](C)(N1)[C@@H](F)[C@@H](N(c1ncc(-c3ccc(-c4nc(C#N)cs4)cc3O)nn1)C1CC1)C2. The first-order valence-electron chi connectivity index (χ1n) is 12.4. The molecule has 0 spiro atoms. The average Bonchev–Trinajstić information content (AvgIpc) is 3.57. The Morgan fingerprint density at radius 1 is 1.25 bits per heavy atom. The number of aromatic hydroxyl groups is 1. The van der Waals surface area contributed by atoms with Gasteiger partial charge in [0.1, 0.15) is 28.7 Å². The van der Waals surface area contributed by atoms with Crippen LogP contribution in [0.2, 0.25) is 0 Å². The van der Waals surface area contributed by atoms with E-state index in [1.807, 2.05) is 19.1 Å². The van der Waals surface area contributed by atoms with Crippen molar-refractivity contribution >= 4 is 17.3 Å². The molecular formula is C26H28FN7OS. The fourth-order valence-corrected chi connectivity index (χ4v) is 6.78. The van der Waals surface area contributed by atoms with E-state index in [9.17, 15) is 5.11 Å². The Morgan fingerprint density at radius 2 is 2.08 bits per heavy atom. The highest BCUT2D eigenvalue weighted by molar-refractivity contribution is 7.13. The van der Waals surface area contributed by atoms with Crippen LogP contribution in [0.3, 0.4) is 0 Å². The quantitative estimate of drug-likeness (QED) is 0.517. The summed E-state index contributed by atoms with van der Waals surface area (Å²) < 4.78 is 16.0. The molecule has 3 aliphatic rings. The van der Waals surface area contributed by atoms with Crippen LogP contribution < -0.4 is 10.2 Å². The van der Waals surface area contributed by atoms with E-state index >= 15 is 4.39 Å². The molecule has 6 rings (SSSR count). The minimum Gasteiger partial charge on any atom is -0.507 e. The Balaban J connectivity index is 1.28. The van der Waals surface area contributed by atoms with Crippen LogP contribution in [0.1, 0.15) is 58.1 Å². The summed E-state index contributed by atoms with van der Waals surface area (Å²) in [6, 6.07) is 7.12. The maximum Gasteiger partial charge on any atom is 0.245 e. The van der Waals surface area contributed by atoms with E-state index in [0.29, 0.717) is 39.9 Å². The molecule has 1 aromatic carbocycles. The number of aromatic nitrogens is 4. The Bertz CT molecular complexity index is 1340. The third-order valence-electron chi connectivity index (χ3n) is 7.84. The molecule has 2 aromatic heterocycles. The first-order chi connectivity index (χ1) is 17.3. The van der Waals surface area contributed by atoms with Gasteiger partial charge in [-0.05, 0) is 64.5 Å². The maximum atomic E-state index is 16.0. The van der Waals surface area contributed by atoms with Crippen molar-refractivity contribution in [2.24, 2.45) is 0 Å².